The summed E-state index contributed by atoms with van der Waals surface area (Å²) >= 11 is 0. The van der Waals surface area contributed by atoms with Crippen molar-refractivity contribution < 1.29 is 17.7 Å². The number of hydrogen-bond donors (Lipinski definition) is 1. The minimum Gasteiger partial charge on any atom is -0.379 e. The third-order valence-corrected chi connectivity index (χ3v) is 4.79. The monoisotopic (exact) mass is 333 g/mol. The Hall–Kier alpha value is -1.73. The minimum atomic E-state index is -4.15. The molecule has 0 bridgehead atoms. The molecule has 1 saturated heterocycles. The summed E-state index contributed by atoms with van der Waals surface area (Å²) in [4.78, 5) is 2.26. The van der Waals surface area contributed by atoms with Crippen molar-refractivity contribution in [3.63, 3.8) is 0 Å². The van der Waals surface area contributed by atoms with Crippen molar-refractivity contribution in [2.45, 2.75) is 11.4 Å². The third kappa shape index (κ3) is 4.17. The first-order valence-corrected chi connectivity index (χ1v) is 8.93. The largest absolute Gasteiger partial charge is 0.379 e. The Labute approximate surface area is 136 Å². The van der Waals surface area contributed by atoms with E-state index in [0.717, 1.165) is 44.0 Å². The maximum Gasteiger partial charge on any atom is 0.294 e. The molecule has 2 aromatic carbocycles. The van der Waals surface area contributed by atoms with Crippen LogP contribution in [0.4, 0.5) is 0 Å². The summed E-state index contributed by atoms with van der Waals surface area (Å²) < 4.78 is 36.6. The lowest BCUT2D eigenvalue weighted by atomic mass is 10.0. The lowest BCUT2D eigenvalue weighted by molar-refractivity contribution is 0.0342. The van der Waals surface area contributed by atoms with Crippen LogP contribution in [0.2, 0.25) is 0 Å². The standard InChI is InChI=1S/C17H19NO4S/c19-23(20,21)17-6-4-15(5-7-17)16-3-1-2-14(12-16)13-18-8-10-22-11-9-18/h1-7,12H,8-11,13H2,(H,19,20,21). The van der Waals surface area contributed by atoms with Crippen LogP contribution in [0.1, 0.15) is 5.56 Å². The number of morpholine rings is 1. The van der Waals surface area contributed by atoms with Gasteiger partial charge in [-0.1, -0.05) is 30.3 Å². The molecule has 5 nitrogen and oxygen atoms in total. The molecule has 0 amide bonds. The van der Waals surface area contributed by atoms with Gasteiger partial charge in [-0.05, 0) is 34.9 Å². The number of hydrogen-bond acceptors (Lipinski definition) is 4. The maximum absolute atomic E-state index is 11.1. The predicted molar refractivity (Wildman–Crippen MR) is 87.8 cm³/mol. The third-order valence-electron chi connectivity index (χ3n) is 3.92. The normalized spacial score (nSPS) is 16.4. The molecule has 0 saturated carbocycles. The molecule has 0 unspecified atom stereocenters. The van der Waals surface area contributed by atoms with Gasteiger partial charge >= 0.3 is 0 Å². The van der Waals surface area contributed by atoms with E-state index in [0.29, 0.717) is 0 Å². The van der Waals surface area contributed by atoms with Gasteiger partial charge in [-0.15, -0.1) is 0 Å². The molecule has 1 aliphatic rings. The molecule has 1 fully saturated rings. The second kappa shape index (κ2) is 6.80. The van der Waals surface area contributed by atoms with Crippen LogP contribution in [0.3, 0.4) is 0 Å². The molecule has 2 aromatic rings. The van der Waals surface area contributed by atoms with Crippen molar-refractivity contribution in [1.29, 1.82) is 0 Å². The summed E-state index contributed by atoms with van der Waals surface area (Å²) in [7, 11) is -4.15. The zero-order valence-electron chi connectivity index (χ0n) is 12.7. The van der Waals surface area contributed by atoms with E-state index in [1.807, 2.05) is 12.1 Å². The van der Waals surface area contributed by atoms with Gasteiger partial charge < -0.3 is 4.74 Å². The van der Waals surface area contributed by atoms with E-state index >= 15 is 0 Å². The van der Waals surface area contributed by atoms with Crippen LogP contribution in [-0.4, -0.2) is 44.2 Å². The first-order chi connectivity index (χ1) is 11.0. The summed E-state index contributed by atoms with van der Waals surface area (Å²) in [5.41, 5.74) is 3.15. The zero-order chi connectivity index (χ0) is 16.3. The van der Waals surface area contributed by atoms with Crippen molar-refractivity contribution in [2.75, 3.05) is 26.3 Å². The molecular formula is C17H19NO4S. The van der Waals surface area contributed by atoms with E-state index < -0.39 is 10.1 Å². The fourth-order valence-electron chi connectivity index (χ4n) is 2.69. The Balaban J connectivity index is 1.79. The minimum absolute atomic E-state index is 0.0919. The van der Waals surface area contributed by atoms with Crippen LogP contribution in [0.25, 0.3) is 11.1 Å². The average molecular weight is 333 g/mol. The Kier molecular flexibility index (Phi) is 4.77. The molecule has 0 radical (unpaired) electrons. The summed E-state index contributed by atoms with van der Waals surface area (Å²) in [6.45, 7) is 4.30. The lowest BCUT2D eigenvalue weighted by Gasteiger charge is -2.26. The molecule has 1 N–H and O–H groups in total. The van der Waals surface area contributed by atoms with Crippen molar-refractivity contribution in [3.8, 4) is 11.1 Å². The van der Waals surface area contributed by atoms with Gasteiger partial charge in [0.15, 0.2) is 0 Å². The van der Waals surface area contributed by atoms with E-state index in [2.05, 4.69) is 17.0 Å². The molecule has 0 aliphatic carbocycles. The van der Waals surface area contributed by atoms with E-state index in [4.69, 9.17) is 9.29 Å². The Bertz CT molecular complexity index is 765. The summed E-state index contributed by atoms with van der Waals surface area (Å²) in [6.07, 6.45) is 0. The molecule has 23 heavy (non-hydrogen) atoms. The van der Waals surface area contributed by atoms with E-state index in [1.165, 1.54) is 17.7 Å². The molecule has 1 heterocycles. The molecule has 3 rings (SSSR count). The fraction of sp³-hybridized carbons (Fsp3) is 0.294. The molecular weight excluding hydrogens is 314 g/mol. The lowest BCUT2D eigenvalue weighted by Crippen LogP contribution is -2.35. The molecule has 1 aliphatic heterocycles. The predicted octanol–water partition coefficient (Wildman–Crippen LogP) is 2.43. The van der Waals surface area contributed by atoms with Crippen LogP contribution in [-0.2, 0) is 21.4 Å². The van der Waals surface area contributed by atoms with Crippen molar-refractivity contribution in [2.24, 2.45) is 0 Å². The quantitative estimate of drug-likeness (QED) is 0.871. The van der Waals surface area contributed by atoms with Gasteiger partial charge in [0.25, 0.3) is 10.1 Å². The first kappa shape index (κ1) is 16.1. The molecule has 0 spiro atoms. The van der Waals surface area contributed by atoms with Crippen LogP contribution < -0.4 is 0 Å². The van der Waals surface area contributed by atoms with Crippen LogP contribution in [0, 0.1) is 0 Å². The van der Waals surface area contributed by atoms with Crippen LogP contribution >= 0.6 is 0 Å². The fourth-order valence-corrected chi connectivity index (χ4v) is 3.17. The first-order valence-electron chi connectivity index (χ1n) is 7.49. The maximum atomic E-state index is 11.1. The number of rotatable bonds is 4. The highest BCUT2D eigenvalue weighted by Crippen LogP contribution is 2.23. The average Bonchev–Trinajstić information content (AvgIpc) is 2.55. The zero-order valence-corrected chi connectivity index (χ0v) is 13.5. The van der Waals surface area contributed by atoms with Gasteiger partial charge in [-0.3, -0.25) is 9.45 Å². The molecule has 122 valence electrons. The highest BCUT2D eigenvalue weighted by atomic mass is 32.2. The van der Waals surface area contributed by atoms with Gasteiger partial charge in [-0.2, -0.15) is 8.42 Å². The summed E-state index contributed by atoms with van der Waals surface area (Å²) in [5.74, 6) is 0. The number of nitrogens with zero attached hydrogens (tertiary/aromatic N) is 1. The smallest absolute Gasteiger partial charge is 0.294 e. The summed E-state index contributed by atoms with van der Waals surface area (Å²) in [5, 5.41) is 0. The topological polar surface area (TPSA) is 66.8 Å². The van der Waals surface area contributed by atoms with Crippen LogP contribution in [0.15, 0.2) is 53.4 Å². The molecule has 0 atom stereocenters. The van der Waals surface area contributed by atoms with Gasteiger partial charge in [0.1, 0.15) is 0 Å². The number of ether oxygens (including phenoxy) is 1. The molecule has 0 aromatic heterocycles. The Morgan fingerprint density at radius 1 is 1.00 bits per heavy atom. The molecule has 6 heteroatoms. The van der Waals surface area contributed by atoms with Crippen LogP contribution in [0.5, 0.6) is 0 Å². The highest BCUT2D eigenvalue weighted by Gasteiger charge is 2.12. The van der Waals surface area contributed by atoms with Crippen molar-refractivity contribution >= 4 is 10.1 Å². The Morgan fingerprint density at radius 3 is 2.35 bits per heavy atom. The van der Waals surface area contributed by atoms with E-state index in [1.54, 1.807) is 12.1 Å². The van der Waals surface area contributed by atoms with E-state index in [-0.39, 0.29) is 4.90 Å². The highest BCUT2D eigenvalue weighted by molar-refractivity contribution is 7.85. The van der Waals surface area contributed by atoms with Gasteiger partial charge in [0.2, 0.25) is 0 Å². The number of benzene rings is 2. The SMILES string of the molecule is O=S(=O)(O)c1ccc(-c2cccc(CN3CCOCC3)c2)cc1. The summed E-state index contributed by atoms with van der Waals surface area (Å²) in [6, 6.07) is 14.4. The second-order valence-corrected chi connectivity index (χ2v) is 7.01. The van der Waals surface area contributed by atoms with Crippen molar-refractivity contribution in [1.82, 2.24) is 4.90 Å². The Morgan fingerprint density at radius 2 is 1.70 bits per heavy atom. The van der Waals surface area contributed by atoms with Gasteiger partial charge in [-0.25, -0.2) is 0 Å². The van der Waals surface area contributed by atoms with E-state index in [9.17, 15) is 8.42 Å². The van der Waals surface area contributed by atoms with Gasteiger partial charge in [0.05, 0.1) is 18.1 Å². The second-order valence-electron chi connectivity index (χ2n) is 5.59. The van der Waals surface area contributed by atoms with Gasteiger partial charge in [0, 0.05) is 19.6 Å². The van der Waals surface area contributed by atoms with Crippen molar-refractivity contribution in [3.05, 3.63) is 54.1 Å².